The van der Waals surface area contributed by atoms with Crippen molar-refractivity contribution in [1.82, 2.24) is 15.2 Å². The molecule has 0 aliphatic rings. The molecule has 1 heterocycles. The highest BCUT2D eigenvalue weighted by atomic mass is 15.3. The van der Waals surface area contributed by atoms with Crippen LogP contribution < -0.4 is 10.6 Å². The highest BCUT2D eigenvalue weighted by Crippen LogP contribution is 2.16. The molecule has 1 atom stereocenters. The Morgan fingerprint density at radius 3 is 2.71 bits per heavy atom. The summed E-state index contributed by atoms with van der Waals surface area (Å²) in [5, 5.41) is 14.6. The van der Waals surface area contributed by atoms with E-state index < -0.39 is 0 Å². The van der Waals surface area contributed by atoms with Gasteiger partial charge in [0.05, 0.1) is 12.2 Å². The number of anilines is 2. The maximum atomic E-state index is 4.44. The van der Waals surface area contributed by atoms with Crippen molar-refractivity contribution in [3.8, 4) is 0 Å². The van der Waals surface area contributed by atoms with Gasteiger partial charge in [-0.05, 0) is 18.9 Å². The van der Waals surface area contributed by atoms with E-state index in [2.05, 4.69) is 51.8 Å². The van der Waals surface area contributed by atoms with Gasteiger partial charge in [0.1, 0.15) is 5.82 Å². The van der Waals surface area contributed by atoms with E-state index in [1.54, 1.807) is 6.20 Å². The molecule has 0 amide bonds. The van der Waals surface area contributed by atoms with Gasteiger partial charge in [0.15, 0.2) is 0 Å². The van der Waals surface area contributed by atoms with Gasteiger partial charge in [-0.25, -0.2) is 0 Å². The Bertz CT molecular complexity index is 529. The number of hydrogen-bond acceptors (Lipinski definition) is 5. The highest BCUT2D eigenvalue weighted by molar-refractivity contribution is 5.38. The summed E-state index contributed by atoms with van der Waals surface area (Å²) in [7, 11) is 0. The summed E-state index contributed by atoms with van der Waals surface area (Å²) < 4.78 is 0. The summed E-state index contributed by atoms with van der Waals surface area (Å²) in [5.41, 5.74) is 1.20. The van der Waals surface area contributed by atoms with Crippen molar-refractivity contribution in [2.24, 2.45) is 0 Å². The zero-order valence-electron chi connectivity index (χ0n) is 12.7. The summed E-state index contributed by atoms with van der Waals surface area (Å²) in [5.74, 6) is 1.32. The fourth-order valence-electron chi connectivity index (χ4n) is 2.06. The summed E-state index contributed by atoms with van der Waals surface area (Å²) >= 11 is 0. The van der Waals surface area contributed by atoms with Crippen LogP contribution in [0, 0.1) is 0 Å². The van der Waals surface area contributed by atoms with Gasteiger partial charge in [-0.15, -0.1) is 5.10 Å². The van der Waals surface area contributed by atoms with E-state index in [-0.39, 0.29) is 6.04 Å². The number of nitrogens with one attached hydrogen (secondary N) is 2. The van der Waals surface area contributed by atoms with Crippen LogP contribution in [-0.4, -0.2) is 21.7 Å². The molecule has 1 aromatic carbocycles. The van der Waals surface area contributed by atoms with E-state index in [4.69, 9.17) is 0 Å². The van der Waals surface area contributed by atoms with Gasteiger partial charge in [-0.1, -0.05) is 50.1 Å². The minimum Gasteiger partial charge on any atom is -0.369 e. The molecule has 5 nitrogen and oxygen atoms in total. The lowest BCUT2D eigenvalue weighted by Gasteiger charge is -2.14. The average Bonchev–Trinajstić information content (AvgIpc) is 2.53. The first-order valence-electron chi connectivity index (χ1n) is 7.54. The second-order valence-corrected chi connectivity index (χ2v) is 5.08. The number of nitrogens with zero attached hydrogens (tertiary/aromatic N) is 3. The second-order valence-electron chi connectivity index (χ2n) is 5.08. The van der Waals surface area contributed by atoms with Crippen molar-refractivity contribution in [3.05, 3.63) is 42.1 Å². The Kier molecular flexibility index (Phi) is 5.94. The Labute approximate surface area is 126 Å². The van der Waals surface area contributed by atoms with Gasteiger partial charge < -0.3 is 10.6 Å². The standard InChI is InChI=1S/C16H23N5/c1-3-4-8-11-17-15-12-18-21-16(20-15)19-13(2)14-9-6-5-7-10-14/h5-7,9-10,12-13H,3-4,8,11H2,1-2H3,(H2,17,19,20,21). The van der Waals surface area contributed by atoms with Crippen molar-refractivity contribution in [1.29, 1.82) is 0 Å². The predicted molar refractivity (Wildman–Crippen MR) is 86.3 cm³/mol. The number of rotatable bonds is 8. The van der Waals surface area contributed by atoms with Gasteiger partial charge in [-0.2, -0.15) is 10.1 Å². The van der Waals surface area contributed by atoms with E-state index in [0.29, 0.717) is 5.95 Å². The third kappa shape index (κ3) is 5.02. The normalized spacial score (nSPS) is 11.9. The lowest BCUT2D eigenvalue weighted by atomic mass is 10.1. The fraction of sp³-hybridized carbons (Fsp3) is 0.438. The number of benzene rings is 1. The van der Waals surface area contributed by atoms with Crippen molar-refractivity contribution in [2.75, 3.05) is 17.2 Å². The van der Waals surface area contributed by atoms with Gasteiger partial charge >= 0.3 is 0 Å². The van der Waals surface area contributed by atoms with Crippen molar-refractivity contribution < 1.29 is 0 Å². The number of unbranched alkanes of at least 4 members (excludes halogenated alkanes) is 2. The minimum absolute atomic E-state index is 0.142. The molecule has 2 N–H and O–H groups in total. The highest BCUT2D eigenvalue weighted by Gasteiger charge is 2.07. The lowest BCUT2D eigenvalue weighted by Crippen LogP contribution is -2.12. The first-order chi connectivity index (χ1) is 10.3. The van der Waals surface area contributed by atoms with Crippen LogP contribution in [0.15, 0.2) is 36.5 Å². The Morgan fingerprint density at radius 2 is 1.95 bits per heavy atom. The number of hydrogen-bond donors (Lipinski definition) is 2. The molecule has 2 aromatic rings. The maximum absolute atomic E-state index is 4.44. The zero-order chi connectivity index (χ0) is 14.9. The molecule has 0 radical (unpaired) electrons. The molecule has 0 aliphatic carbocycles. The first kappa shape index (κ1) is 15.2. The first-order valence-corrected chi connectivity index (χ1v) is 7.54. The van der Waals surface area contributed by atoms with Crippen LogP contribution in [0.25, 0.3) is 0 Å². The predicted octanol–water partition coefficient (Wildman–Crippen LogP) is 3.65. The van der Waals surface area contributed by atoms with Gasteiger partial charge in [-0.3, -0.25) is 0 Å². The molecule has 5 heteroatoms. The quantitative estimate of drug-likeness (QED) is 0.725. The summed E-state index contributed by atoms with van der Waals surface area (Å²) in [4.78, 5) is 4.44. The molecule has 1 unspecified atom stereocenters. The van der Waals surface area contributed by atoms with Crippen LogP contribution in [-0.2, 0) is 0 Å². The average molecular weight is 285 g/mol. The topological polar surface area (TPSA) is 62.7 Å². The SMILES string of the molecule is CCCCCNc1cnnc(NC(C)c2ccccc2)n1. The molecule has 0 aliphatic heterocycles. The fourth-order valence-corrected chi connectivity index (χ4v) is 2.06. The number of aromatic nitrogens is 3. The molecule has 1 aromatic heterocycles. The molecule has 0 saturated heterocycles. The zero-order valence-corrected chi connectivity index (χ0v) is 12.7. The lowest BCUT2D eigenvalue weighted by molar-refractivity contribution is 0.741. The van der Waals surface area contributed by atoms with Crippen LogP contribution in [0.4, 0.5) is 11.8 Å². The van der Waals surface area contributed by atoms with E-state index in [1.807, 2.05) is 18.2 Å². The summed E-state index contributed by atoms with van der Waals surface area (Å²) in [6.45, 7) is 5.19. The molecule has 2 rings (SSSR count). The molecule has 112 valence electrons. The maximum Gasteiger partial charge on any atom is 0.245 e. The monoisotopic (exact) mass is 285 g/mol. The summed E-state index contributed by atoms with van der Waals surface area (Å²) in [6, 6.07) is 10.4. The Balaban J connectivity index is 1.91. The van der Waals surface area contributed by atoms with E-state index in [9.17, 15) is 0 Å². The molecule has 0 spiro atoms. The molecule has 0 saturated carbocycles. The molecule has 21 heavy (non-hydrogen) atoms. The van der Waals surface area contributed by atoms with Crippen LogP contribution >= 0.6 is 0 Å². The molecule has 0 bridgehead atoms. The van der Waals surface area contributed by atoms with Crippen LogP contribution in [0.2, 0.25) is 0 Å². The van der Waals surface area contributed by atoms with Crippen molar-refractivity contribution >= 4 is 11.8 Å². The second kappa shape index (κ2) is 8.19. The van der Waals surface area contributed by atoms with Crippen LogP contribution in [0.1, 0.15) is 44.7 Å². The van der Waals surface area contributed by atoms with Crippen molar-refractivity contribution in [2.45, 2.75) is 39.2 Å². The van der Waals surface area contributed by atoms with E-state index >= 15 is 0 Å². The van der Waals surface area contributed by atoms with Gasteiger partial charge in [0.2, 0.25) is 5.95 Å². The third-order valence-corrected chi connectivity index (χ3v) is 3.29. The van der Waals surface area contributed by atoms with Crippen LogP contribution in [0.3, 0.4) is 0 Å². The molecule has 0 fully saturated rings. The van der Waals surface area contributed by atoms with Crippen LogP contribution in [0.5, 0.6) is 0 Å². The van der Waals surface area contributed by atoms with E-state index in [0.717, 1.165) is 18.8 Å². The third-order valence-electron chi connectivity index (χ3n) is 3.29. The minimum atomic E-state index is 0.142. The van der Waals surface area contributed by atoms with Gasteiger partial charge in [0, 0.05) is 6.54 Å². The summed E-state index contributed by atoms with van der Waals surface area (Å²) in [6.07, 6.45) is 5.24. The van der Waals surface area contributed by atoms with E-state index in [1.165, 1.54) is 18.4 Å². The van der Waals surface area contributed by atoms with Crippen molar-refractivity contribution in [3.63, 3.8) is 0 Å². The smallest absolute Gasteiger partial charge is 0.245 e. The van der Waals surface area contributed by atoms with Gasteiger partial charge in [0.25, 0.3) is 0 Å². The Morgan fingerprint density at radius 1 is 1.14 bits per heavy atom. The Hall–Kier alpha value is -2.17. The molecular weight excluding hydrogens is 262 g/mol. The molecular formula is C16H23N5. The largest absolute Gasteiger partial charge is 0.369 e.